The lowest BCUT2D eigenvalue weighted by Gasteiger charge is -2.43. The molecule has 0 heterocycles. The molecule has 5 heteroatoms. The van der Waals surface area contributed by atoms with E-state index in [1.54, 1.807) is 12.1 Å². The van der Waals surface area contributed by atoms with Crippen molar-refractivity contribution in [2.24, 2.45) is 5.73 Å². The first-order valence-corrected chi connectivity index (χ1v) is 14.5. The third-order valence-corrected chi connectivity index (χ3v) is 7.27. The van der Waals surface area contributed by atoms with E-state index in [2.05, 4.69) is 6.92 Å². The maximum Gasteiger partial charge on any atom is 0.226 e. The number of aliphatic hydroxyl groups excluding tert-OH is 2. The van der Waals surface area contributed by atoms with Gasteiger partial charge in [0.1, 0.15) is 11.9 Å². The van der Waals surface area contributed by atoms with Crippen LogP contribution < -0.4 is 5.73 Å². The molecule has 37 heavy (non-hydrogen) atoms. The molecule has 0 aliphatic rings. The normalized spacial score (nSPS) is 13.7. The molecule has 0 radical (unpaired) electrons. The van der Waals surface area contributed by atoms with Crippen molar-refractivity contribution in [1.82, 2.24) is 4.90 Å². The molecule has 0 saturated heterocycles. The van der Waals surface area contributed by atoms with E-state index in [0.29, 0.717) is 12.0 Å². The molecular weight excluding hydrogens is 460 g/mol. The highest BCUT2D eigenvalue weighted by Gasteiger charge is 2.40. The SMILES string of the molecule is CCCCCCCCCCCCCCCC(=O)N([C@@H](O)Cc1ccccc1)[C@](N)(CO)c1ccccc1. The van der Waals surface area contributed by atoms with Crippen LogP contribution in [0.3, 0.4) is 0 Å². The van der Waals surface area contributed by atoms with Gasteiger partial charge in [0.05, 0.1) is 6.61 Å². The van der Waals surface area contributed by atoms with Gasteiger partial charge in [0.25, 0.3) is 0 Å². The Kier molecular flexibility index (Phi) is 15.2. The highest BCUT2D eigenvalue weighted by molar-refractivity contribution is 5.77. The Hall–Kier alpha value is -2.21. The van der Waals surface area contributed by atoms with E-state index in [1.807, 2.05) is 48.5 Å². The molecule has 0 saturated carbocycles. The molecule has 0 spiro atoms. The van der Waals surface area contributed by atoms with Crippen molar-refractivity contribution in [3.63, 3.8) is 0 Å². The molecule has 5 nitrogen and oxygen atoms in total. The van der Waals surface area contributed by atoms with Gasteiger partial charge in [-0.2, -0.15) is 0 Å². The molecule has 1 amide bonds. The van der Waals surface area contributed by atoms with Gasteiger partial charge in [-0.05, 0) is 17.5 Å². The molecule has 0 aliphatic carbocycles. The van der Waals surface area contributed by atoms with Gasteiger partial charge in [0.2, 0.25) is 5.91 Å². The van der Waals surface area contributed by atoms with Crippen LogP contribution in [0.5, 0.6) is 0 Å². The van der Waals surface area contributed by atoms with Crippen LogP contribution in [0.1, 0.15) is 108 Å². The number of aliphatic hydroxyl groups is 2. The lowest BCUT2D eigenvalue weighted by Crippen LogP contribution is -2.62. The molecule has 206 valence electrons. The van der Waals surface area contributed by atoms with Crippen LogP contribution in [-0.4, -0.2) is 33.9 Å². The Bertz CT molecular complexity index is 846. The minimum absolute atomic E-state index is 0.230. The van der Waals surface area contributed by atoms with Crippen molar-refractivity contribution >= 4 is 5.91 Å². The van der Waals surface area contributed by atoms with Crippen molar-refractivity contribution in [3.8, 4) is 0 Å². The third kappa shape index (κ3) is 11.0. The van der Waals surface area contributed by atoms with Gasteiger partial charge in [-0.15, -0.1) is 0 Å². The first-order valence-electron chi connectivity index (χ1n) is 14.5. The lowest BCUT2D eigenvalue weighted by molar-refractivity contribution is -0.158. The van der Waals surface area contributed by atoms with Crippen LogP contribution in [0.15, 0.2) is 60.7 Å². The van der Waals surface area contributed by atoms with Crippen molar-refractivity contribution in [2.75, 3.05) is 6.61 Å². The number of nitrogens with two attached hydrogens (primary N) is 1. The van der Waals surface area contributed by atoms with Crippen molar-refractivity contribution < 1.29 is 15.0 Å². The maximum absolute atomic E-state index is 13.4. The van der Waals surface area contributed by atoms with E-state index >= 15 is 0 Å². The quantitative estimate of drug-likeness (QED) is 0.137. The van der Waals surface area contributed by atoms with E-state index in [1.165, 1.54) is 69.1 Å². The minimum atomic E-state index is -1.50. The highest BCUT2D eigenvalue weighted by Crippen LogP contribution is 2.27. The predicted molar refractivity (Wildman–Crippen MR) is 153 cm³/mol. The summed E-state index contributed by atoms with van der Waals surface area (Å²) in [6.07, 6.45) is 15.5. The van der Waals surface area contributed by atoms with E-state index in [4.69, 9.17) is 5.73 Å². The molecule has 2 aromatic carbocycles. The summed E-state index contributed by atoms with van der Waals surface area (Å²) in [5, 5.41) is 21.5. The van der Waals surface area contributed by atoms with Crippen molar-refractivity contribution in [3.05, 3.63) is 71.8 Å². The first kappa shape index (κ1) is 31.0. The van der Waals surface area contributed by atoms with Gasteiger partial charge < -0.3 is 15.9 Å². The molecule has 0 aromatic heterocycles. The summed E-state index contributed by atoms with van der Waals surface area (Å²) < 4.78 is 0. The van der Waals surface area contributed by atoms with Crippen LogP contribution in [-0.2, 0) is 16.9 Å². The van der Waals surface area contributed by atoms with E-state index in [-0.39, 0.29) is 12.3 Å². The maximum atomic E-state index is 13.4. The molecule has 2 aromatic rings. The largest absolute Gasteiger partial charge is 0.392 e. The van der Waals surface area contributed by atoms with Crippen LogP contribution in [0.25, 0.3) is 0 Å². The Labute approximate surface area is 225 Å². The number of rotatable bonds is 20. The molecule has 4 N–H and O–H groups in total. The van der Waals surface area contributed by atoms with Crippen LogP contribution in [0, 0.1) is 0 Å². The summed E-state index contributed by atoms with van der Waals surface area (Å²) in [5.74, 6) is -0.230. The second-order valence-electron chi connectivity index (χ2n) is 10.4. The Morgan fingerprint density at radius 2 is 1.24 bits per heavy atom. The molecule has 2 atom stereocenters. The Morgan fingerprint density at radius 1 is 0.784 bits per heavy atom. The predicted octanol–water partition coefficient (Wildman–Crippen LogP) is 6.66. The van der Waals surface area contributed by atoms with Gasteiger partial charge in [0, 0.05) is 12.8 Å². The fraction of sp³-hybridized carbons (Fsp3) is 0.594. The van der Waals surface area contributed by atoms with Crippen LogP contribution in [0.2, 0.25) is 0 Å². The molecular formula is C32H50N2O3. The fourth-order valence-electron chi connectivity index (χ4n) is 5.02. The van der Waals surface area contributed by atoms with Crippen LogP contribution >= 0.6 is 0 Å². The zero-order chi connectivity index (χ0) is 26.8. The summed E-state index contributed by atoms with van der Waals surface area (Å²) in [7, 11) is 0. The van der Waals surface area contributed by atoms with Gasteiger partial charge in [-0.3, -0.25) is 9.69 Å². The average Bonchev–Trinajstić information content (AvgIpc) is 2.92. The summed E-state index contributed by atoms with van der Waals surface area (Å²) in [6, 6.07) is 18.6. The number of unbranched alkanes of at least 4 members (excludes halogenated alkanes) is 12. The van der Waals surface area contributed by atoms with Crippen molar-refractivity contribution in [1.29, 1.82) is 0 Å². The zero-order valence-electron chi connectivity index (χ0n) is 23.0. The zero-order valence-corrected chi connectivity index (χ0v) is 23.0. The minimum Gasteiger partial charge on any atom is -0.392 e. The Balaban J connectivity index is 1.84. The molecule has 2 rings (SSSR count). The number of hydrogen-bond acceptors (Lipinski definition) is 4. The summed E-state index contributed by atoms with van der Waals surface area (Å²) in [5.41, 5.74) is 6.67. The number of benzene rings is 2. The number of amides is 1. The summed E-state index contributed by atoms with van der Waals surface area (Å²) >= 11 is 0. The average molecular weight is 511 g/mol. The first-order chi connectivity index (χ1) is 18.0. The van der Waals surface area contributed by atoms with Gasteiger partial charge in [-0.25, -0.2) is 0 Å². The summed E-state index contributed by atoms with van der Waals surface area (Å²) in [6.45, 7) is 1.78. The highest BCUT2D eigenvalue weighted by atomic mass is 16.3. The standard InChI is InChI=1S/C32H50N2O3/c1-2-3-4-5-6-7-8-9-10-11-12-13-20-25-30(36)34(31(37)26-28-21-16-14-17-22-28)32(33,27-35)29-23-18-15-19-24-29/h14-19,21-24,31,35,37H,2-13,20,25-27,33H2,1H3/t31-,32+/m0/s1. The Morgan fingerprint density at radius 3 is 1.73 bits per heavy atom. The van der Waals surface area contributed by atoms with Gasteiger partial charge in [0.15, 0.2) is 0 Å². The van der Waals surface area contributed by atoms with Gasteiger partial charge in [-0.1, -0.05) is 145 Å². The molecule has 0 aliphatic heterocycles. The molecule has 0 bridgehead atoms. The second kappa shape index (κ2) is 18.1. The number of carbonyl (C=O) groups excluding carboxylic acids is 1. The van der Waals surface area contributed by atoms with E-state index in [0.717, 1.165) is 24.8 Å². The van der Waals surface area contributed by atoms with E-state index < -0.39 is 18.5 Å². The summed E-state index contributed by atoms with van der Waals surface area (Å²) in [4.78, 5) is 14.7. The second-order valence-corrected chi connectivity index (χ2v) is 10.4. The smallest absolute Gasteiger partial charge is 0.226 e. The van der Waals surface area contributed by atoms with Crippen LogP contribution in [0.4, 0.5) is 0 Å². The topological polar surface area (TPSA) is 86.8 Å². The number of carbonyl (C=O) groups is 1. The van der Waals surface area contributed by atoms with Gasteiger partial charge >= 0.3 is 0 Å². The monoisotopic (exact) mass is 510 g/mol. The fourth-order valence-corrected chi connectivity index (χ4v) is 5.02. The lowest BCUT2D eigenvalue weighted by atomic mass is 9.96. The number of hydrogen-bond donors (Lipinski definition) is 3. The molecule has 0 unspecified atom stereocenters. The third-order valence-electron chi connectivity index (χ3n) is 7.27. The molecule has 0 fully saturated rings. The van der Waals surface area contributed by atoms with Crippen molar-refractivity contribution in [2.45, 2.75) is 115 Å². The number of nitrogens with zero attached hydrogens (tertiary/aromatic N) is 1. The van der Waals surface area contributed by atoms with E-state index in [9.17, 15) is 15.0 Å².